The van der Waals surface area contributed by atoms with Crippen LogP contribution < -0.4 is 10.6 Å². The number of rotatable bonds is 6. The molecule has 0 radical (unpaired) electrons. The Morgan fingerprint density at radius 2 is 1.95 bits per heavy atom. The van der Waals surface area contributed by atoms with E-state index >= 15 is 0 Å². The van der Waals surface area contributed by atoms with Gasteiger partial charge in [-0.15, -0.1) is 0 Å². The van der Waals surface area contributed by atoms with Crippen molar-refractivity contribution < 1.29 is 0 Å². The minimum absolute atomic E-state index is 0.177. The Kier molecular flexibility index (Phi) is 5.01. The minimum atomic E-state index is 0.177. The van der Waals surface area contributed by atoms with Crippen LogP contribution in [0.2, 0.25) is 0 Å². The van der Waals surface area contributed by atoms with Crippen LogP contribution in [0.4, 0.5) is 5.95 Å². The maximum Gasteiger partial charge on any atom is 0.225 e. The maximum absolute atomic E-state index is 5.93. The molecule has 0 aliphatic rings. The zero-order valence-electron chi connectivity index (χ0n) is 12.0. The van der Waals surface area contributed by atoms with Crippen LogP contribution >= 0.6 is 0 Å². The lowest BCUT2D eigenvalue weighted by atomic mass is 10.1. The highest BCUT2D eigenvalue weighted by Gasteiger charge is 2.07. The number of aromatic nitrogens is 3. The molecular formula is C15H21N5. The van der Waals surface area contributed by atoms with E-state index in [2.05, 4.69) is 21.9 Å². The molecule has 20 heavy (non-hydrogen) atoms. The Hall–Kier alpha value is -2.01. The molecule has 1 unspecified atom stereocenters. The normalized spacial score (nSPS) is 12.2. The lowest BCUT2D eigenvalue weighted by Crippen LogP contribution is -2.22. The standard InChI is InChI=1S/C15H21N5/c1-3-13(16)8-12-9-18-15(19-10-12)20(2)11-14-6-4-5-7-17-14/h4-7,9-10,13H,3,8,11,16H2,1-2H3. The predicted octanol–water partition coefficient (Wildman–Crippen LogP) is 1.79. The van der Waals surface area contributed by atoms with E-state index in [1.54, 1.807) is 6.20 Å². The molecule has 0 fully saturated rings. The molecule has 0 spiro atoms. The van der Waals surface area contributed by atoms with Crippen LogP contribution in [0.25, 0.3) is 0 Å². The van der Waals surface area contributed by atoms with Gasteiger partial charge in [-0.3, -0.25) is 4.98 Å². The minimum Gasteiger partial charge on any atom is -0.338 e. The monoisotopic (exact) mass is 271 g/mol. The van der Waals surface area contributed by atoms with E-state index in [1.165, 1.54) is 0 Å². The average molecular weight is 271 g/mol. The van der Waals surface area contributed by atoms with Gasteiger partial charge in [0.05, 0.1) is 12.2 Å². The molecule has 0 saturated heterocycles. The third kappa shape index (κ3) is 3.99. The zero-order chi connectivity index (χ0) is 14.4. The fourth-order valence-electron chi connectivity index (χ4n) is 1.90. The first-order valence-electron chi connectivity index (χ1n) is 6.86. The summed E-state index contributed by atoms with van der Waals surface area (Å²) in [5, 5.41) is 0. The van der Waals surface area contributed by atoms with Gasteiger partial charge in [-0.25, -0.2) is 9.97 Å². The van der Waals surface area contributed by atoms with E-state index in [4.69, 9.17) is 5.73 Å². The Morgan fingerprint density at radius 1 is 1.20 bits per heavy atom. The number of hydrogen-bond donors (Lipinski definition) is 1. The second-order valence-corrected chi connectivity index (χ2v) is 4.94. The Bertz CT molecular complexity index is 512. The summed E-state index contributed by atoms with van der Waals surface area (Å²) in [6, 6.07) is 6.05. The highest BCUT2D eigenvalue weighted by molar-refractivity contribution is 5.29. The van der Waals surface area contributed by atoms with Crippen LogP contribution in [0.15, 0.2) is 36.8 Å². The maximum atomic E-state index is 5.93. The second kappa shape index (κ2) is 6.96. The molecule has 0 amide bonds. The SMILES string of the molecule is CCC(N)Cc1cnc(N(C)Cc2ccccn2)nc1. The van der Waals surface area contributed by atoms with Crippen molar-refractivity contribution in [1.82, 2.24) is 15.0 Å². The van der Waals surface area contributed by atoms with Crippen LogP contribution in [0.3, 0.4) is 0 Å². The van der Waals surface area contributed by atoms with E-state index < -0.39 is 0 Å². The van der Waals surface area contributed by atoms with Gasteiger partial charge < -0.3 is 10.6 Å². The van der Waals surface area contributed by atoms with Gasteiger partial charge in [0.25, 0.3) is 0 Å². The molecule has 5 nitrogen and oxygen atoms in total. The average Bonchev–Trinajstić information content (AvgIpc) is 2.49. The fraction of sp³-hybridized carbons (Fsp3) is 0.400. The number of nitrogens with two attached hydrogens (primary N) is 1. The largest absolute Gasteiger partial charge is 0.338 e. The summed E-state index contributed by atoms with van der Waals surface area (Å²) in [5.41, 5.74) is 8.00. The van der Waals surface area contributed by atoms with Crippen LogP contribution in [-0.2, 0) is 13.0 Å². The summed E-state index contributed by atoms with van der Waals surface area (Å²) in [6.45, 7) is 2.77. The van der Waals surface area contributed by atoms with Crippen molar-refractivity contribution in [3.05, 3.63) is 48.0 Å². The van der Waals surface area contributed by atoms with Crippen molar-refractivity contribution in [2.24, 2.45) is 5.73 Å². The van der Waals surface area contributed by atoms with Gasteiger partial charge in [0.2, 0.25) is 5.95 Å². The molecule has 2 rings (SSSR count). The van der Waals surface area contributed by atoms with Gasteiger partial charge >= 0.3 is 0 Å². The van der Waals surface area contributed by atoms with E-state index in [-0.39, 0.29) is 6.04 Å². The summed E-state index contributed by atoms with van der Waals surface area (Å²) in [6.07, 6.45) is 7.28. The van der Waals surface area contributed by atoms with Crippen LogP contribution in [0, 0.1) is 0 Å². The summed E-state index contributed by atoms with van der Waals surface area (Å²) in [5.74, 6) is 0.699. The fourth-order valence-corrected chi connectivity index (χ4v) is 1.90. The molecule has 2 N–H and O–H groups in total. The van der Waals surface area contributed by atoms with E-state index in [0.717, 1.165) is 24.1 Å². The number of anilines is 1. The molecule has 5 heteroatoms. The lowest BCUT2D eigenvalue weighted by Gasteiger charge is -2.16. The summed E-state index contributed by atoms with van der Waals surface area (Å²) in [7, 11) is 1.96. The molecule has 0 saturated carbocycles. The molecule has 106 valence electrons. The quantitative estimate of drug-likeness (QED) is 0.867. The number of hydrogen-bond acceptors (Lipinski definition) is 5. The van der Waals surface area contributed by atoms with Gasteiger partial charge in [0, 0.05) is 31.7 Å². The third-order valence-electron chi connectivity index (χ3n) is 3.18. The first-order valence-corrected chi connectivity index (χ1v) is 6.86. The molecular weight excluding hydrogens is 250 g/mol. The van der Waals surface area contributed by atoms with Crippen molar-refractivity contribution in [3.8, 4) is 0 Å². The molecule has 0 bridgehead atoms. The van der Waals surface area contributed by atoms with Gasteiger partial charge in [0.15, 0.2) is 0 Å². The van der Waals surface area contributed by atoms with Crippen LogP contribution in [0.1, 0.15) is 24.6 Å². The molecule has 1 atom stereocenters. The predicted molar refractivity (Wildman–Crippen MR) is 80.3 cm³/mol. The Balaban J connectivity index is 1.98. The summed E-state index contributed by atoms with van der Waals surface area (Å²) in [4.78, 5) is 15.1. The van der Waals surface area contributed by atoms with Gasteiger partial charge in [-0.05, 0) is 30.5 Å². The first kappa shape index (κ1) is 14.4. The van der Waals surface area contributed by atoms with Crippen molar-refractivity contribution in [2.45, 2.75) is 32.4 Å². The van der Waals surface area contributed by atoms with Crippen LogP contribution in [0.5, 0.6) is 0 Å². The highest BCUT2D eigenvalue weighted by Crippen LogP contribution is 2.10. The van der Waals surface area contributed by atoms with Crippen molar-refractivity contribution in [2.75, 3.05) is 11.9 Å². The topological polar surface area (TPSA) is 67.9 Å². The number of nitrogens with zero attached hydrogens (tertiary/aromatic N) is 4. The van der Waals surface area contributed by atoms with Gasteiger partial charge in [-0.2, -0.15) is 0 Å². The van der Waals surface area contributed by atoms with Crippen molar-refractivity contribution in [1.29, 1.82) is 0 Å². The summed E-state index contributed by atoms with van der Waals surface area (Å²) < 4.78 is 0. The van der Waals surface area contributed by atoms with Crippen molar-refractivity contribution in [3.63, 3.8) is 0 Å². The Labute approximate surface area is 119 Å². The van der Waals surface area contributed by atoms with E-state index in [1.807, 2.05) is 42.5 Å². The third-order valence-corrected chi connectivity index (χ3v) is 3.18. The lowest BCUT2D eigenvalue weighted by molar-refractivity contribution is 0.643. The molecule has 0 aliphatic heterocycles. The van der Waals surface area contributed by atoms with E-state index in [0.29, 0.717) is 12.5 Å². The molecule has 2 aromatic rings. The van der Waals surface area contributed by atoms with Crippen LogP contribution in [-0.4, -0.2) is 28.0 Å². The second-order valence-electron chi connectivity index (χ2n) is 4.94. The molecule has 2 heterocycles. The smallest absolute Gasteiger partial charge is 0.225 e. The summed E-state index contributed by atoms with van der Waals surface area (Å²) >= 11 is 0. The van der Waals surface area contributed by atoms with Gasteiger partial charge in [-0.1, -0.05) is 13.0 Å². The number of pyridine rings is 1. The first-order chi connectivity index (χ1) is 9.69. The Morgan fingerprint density at radius 3 is 2.55 bits per heavy atom. The molecule has 0 aliphatic carbocycles. The van der Waals surface area contributed by atoms with Crippen molar-refractivity contribution >= 4 is 5.95 Å². The van der Waals surface area contributed by atoms with Gasteiger partial charge in [0.1, 0.15) is 0 Å². The molecule has 0 aromatic carbocycles. The molecule has 2 aromatic heterocycles. The van der Waals surface area contributed by atoms with E-state index in [9.17, 15) is 0 Å². The zero-order valence-corrected chi connectivity index (χ0v) is 12.0. The highest BCUT2D eigenvalue weighted by atomic mass is 15.2.